The quantitative estimate of drug-likeness (QED) is 0.308. The number of aryl methyl sites for hydroxylation is 1. The fourth-order valence-corrected chi connectivity index (χ4v) is 4.78. The predicted molar refractivity (Wildman–Crippen MR) is 136 cm³/mol. The van der Waals surface area contributed by atoms with Crippen LogP contribution in [-0.2, 0) is 6.42 Å². The van der Waals surface area contributed by atoms with Gasteiger partial charge in [-0.1, -0.05) is 73.7 Å². The van der Waals surface area contributed by atoms with E-state index in [1.54, 1.807) is 49.4 Å². The van der Waals surface area contributed by atoms with Gasteiger partial charge >= 0.3 is 0 Å². The Balaban J connectivity index is 1.50. The number of hydrogen-bond donors (Lipinski definition) is 0. The number of halogens is 3. The Morgan fingerprint density at radius 2 is 1.53 bits per heavy atom. The summed E-state index contributed by atoms with van der Waals surface area (Å²) in [7, 11) is 0. The molecule has 4 rings (SSSR count). The Kier molecular flexibility index (Phi) is 7.72. The second-order valence-electron chi connectivity index (χ2n) is 9.04. The summed E-state index contributed by atoms with van der Waals surface area (Å²) in [6.07, 6.45) is 12.5. The van der Waals surface area contributed by atoms with Crippen LogP contribution in [0.3, 0.4) is 0 Å². The molecule has 0 heterocycles. The molecule has 0 N–H and O–H groups in total. The Morgan fingerprint density at radius 3 is 2.15 bits per heavy atom. The van der Waals surface area contributed by atoms with Crippen LogP contribution in [0.2, 0.25) is 0 Å². The Bertz CT molecular complexity index is 1200. The minimum atomic E-state index is -0.840. The van der Waals surface area contributed by atoms with Crippen LogP contribution in [0.1, 0.15) is 57.1 Å². The van der Waals surface area contributed by atoms with Crippen LogP contribution in [0.5, 0.6) is 0 Å². The molecule has 1 unspecified atom stereocenters. The van der Waals surface area contributed by atoms with Gasteiger partial charge in [0.05, 0.1) is 0 Å². The highest BCUT2D eigenvalue weighted by molar-refractivity contribution is 5.74. The summed E-state index contributed by atoms with van der Waals surface area (Å²) in [5, 5.41) is 0. The topological polar surface area (TPSA) is 0 Å². The van der Waals surface area contributed by atoms with Gasteiger partial charge in [-0.05, 0) is 85.3 Å². The maximum Gasteiger partial charge on any atom is 0.166 e. The van der Waals surface area contributed by atoms with Gasteiger partial charge in [0.25, 0.3) is 0 Å². The van der Waals surface area contributed by atoms with Gasteiger partial charge < -0.3 is 0 Å². The molecule has 0 bridgehead atoms. The van der Waals surface area contributed by atoms with Crippen molar-refractivity contribution in [1.82, 2.24) is 0 Å². The van der Waals surface area contributed by atoms with E-state index in [9.17, 15) is 8.78 Å². The number of allylic oxidation sites excluding steroid dienone is 4. The smallest absolute Gasteiger partial charge is 0.166 e. The zero-order valence-electron chi connectivity index (χ0n) is 19.9. The molecule has 0 aromatic heterocycles. The first-order valence-electron chi connectivity index (χ1n) is 12.2. The van der Waals surface area contributed by atoms with E-state index in [4.69, 9.17) is 0 Å². The lowest BCUT2D eigenvalue weighted by atomic mass is 9.84. The SMILES string of the molecule is CC=CCCC1CC=C(c2ccc(-c3ccc(-c4ccc(CC)c(F)c4F)cc3)c(F)c2)CC1. The molecule has 3 aromatic carbocycles. The van der Waals surface area contributed by atoms with Crippen molar-refractivity contribution in [2.45, 2.75) is 52.4 Å². The van der Waals surface area contributed by atoms with E-state index in [0.717, 1.165) is 31.2 Å². The largest absolute Gasteiger partial charge is 0.206 e. The van der Waals surface area contributed by atoms with Crippen LogP contribution in [0.25, 0.3) is 27.8 Å². The molecule has 3 heteroatoms. The highest BCUT2D eigenvalue weighted by Gasteiger charge is 2.17. The number of rotatable bonds is 7. The van der Waals surface area contributed by atoms with Crippen molar-refractivity contribution in [1.29, 1.82) is 0 Å². The van der Waals surface area contributed by atoms with E-state index in [1.165, 1.54) is 12.0 Å². The first kappa shape index (κ1) is 24.1. The van der Waals surface area contributed by atoms with Crippen molar-refractivity contribution >= 4 is 5.57 Å². The van der Waals surface area contributed by atoms with Gasteiger partial charge in [0.2, 0.25) is 0 Å². The monoisotopic (exact) mass is 460 g/mol. The van der Waals surface area contributed by atoms with E-state index in [2.05, 4.69) is 25.2 Å². The summed E-state index contributed by atoms with van der Waals surface area (Å²) in [6.45, 7) is 3.84. The summed E-state index contributed by atoms with van der Waals surface area (Å²) < 4.78 is 43.8. The lowest BCUT2D eigenvalue weighted by molar-refractivity contribution is 0.454. The van der Waals surface area contributed by atoms with E-state index >= 15 is 4.39 Å². The zero-order chi connectivity index (χ0) is 24.1. The van der Waals surface area contributed by atoms with Gasteiger partial charge in [-0.15, -0.1) is 0 Å². The third-order valence-corrected chi connectivity index (χ3v) is 6.89. The van der Waals surface area contributed by atoms with Crippen LogP contribution < -0.4 is 0 Å². The molecule has 1 aliphatic rings. The molecule has 176 valence electrons. The van der Waals surface area contributed by atoms with Crippen LogP contribution in [-0.4, -0.2) is 0 Å². The van der Waals surface area contributed by atoms with Gasteiger partial charge in [-0.3, -0.25) is 0 Å². The second-order valence-corrected chi connectivity index (χ2v) is 9.04. The molecule has 1 atom stereocenters. The molecule has 0 saturated heterocycles. The lowest BCUT2D eigenvalue weighted by Crippen LogP contribution is -2.05. The molecule has 0 radical (unpaired) electrons. The zero-order valence-corrected chi connectivity index (χ0v) is 19.9. The maximum absolute atomic E-state index is 15.1. The third kappa shape index (κ3) is 5.19. The Hall–Kier alpha value is -3.07. The fourth-order valence-electron chi connectivity index (χ4n) is 4.78. The van der Waals surface area contributed by atoms with Crippen molar-refractivity contribution in [3.05, 3.63) is 101 Å². The summed E-state index contributed by atoms with van der Waals surface area (Å²) in [5.74, 6) is -1.20. The summed E-state index contributed by atoms with van der Waals surface area (Å²) in [4.78, 5) is 0. The maximum atomic E-state index is 15.1. The van der Waals surface area contributed by atoms with E-state index in [1.807, 2.05) is 12.1 Å². The molecule has 0 aliphatic heterocycles. The standard InChI is InChI=1S/C31H31F3/c1-3-5-6-7-21-8-10-23(11-9-21)26-17-18-27(29(32)20-26)24-12-14-25(15-13-24)28-19-16-22(4-2)30(33)31(28)34/h3,5,10,12-21H,4,6-9,11H2,1-2H3. The van der Waals surface area contributed by atoms with Gasteiger partial charge in [-0.2, -0.15) is 0 Å². The summed E-state index contributed by atoms with van der Waals surface area (Å²) in [5.41, 5.74) is 4.51. The molecule has 1 aliphatic carbocycles. The van der Waals surface area contributed by atoms with Crippen LogP contribution >= 0.6 is 0 Å². The third-order valence-electron chi connectivity index (χ3n) is 6.89. The minimum Gasteiger partial charge on any atom is -0.206 e. The molecule has 34 heavy (non-hydrogen) atoms. The average molecular weight is 461 g/mol. The molecule has 0 saturated carbocycles. The summed E-state index contributed by atoms with van der Waals surface area (Å²) in [6, 6.07) is 15.6. The van der Waals surface area contributed by atoms with Gasteiger partial charge in [0.1, 0.15) is 5.82 Å². The molecular formula is C31H31F3. The van der Waals surface area contributed by atoms with Crippen molar-refractivity contribution in [3.63, 3.8) is 0 Å². The first-order valence-corrected chi connectivity index (χ1v) is 12.2. The normalized spacial score (nSPS) is 16.1. The van der Waals surface area contributed by atoms with E-state index in [0.29, 0.717) is 34.6 Å². The van der Waals surface area contributed by atoms with Crippen LogP contribution in [0, 0.1) is 23.4 Å². The Labute approximate surface area is 200 Å². The molecule has 0 spiro atoms. The summed E-state index contributed by atoms with van der Waals surface area (Å²) >= 11 is 0. The first-order chi connectivity index (χ1) is 16.5. The van der Waals surface area contributed by atoms with E-state index < -0.39 is 11.6 Å². The Morgan fingerprint density at radius 1 is 0.853 bits per heavy atom. The fraction of sp³-hybridized carbons (Fsp3) is 0.290. The molecule has 0 nitrogen and oxygen atoms in total. The van der Waals surface area contributed by atoms with Crippen LogP contribution in [0.4, 0.5) is 13.2 Å². The van der Waals surface area contributed by atoms with Crippen molar-refractivity contribution < 1.29 is 13.2 Å². The minimum absolute atomic E-state index is 0.213. The molecule has 0 fully saturated rings. The van der Waals surface area contributed by atoms with Crippen molar-refractivity contribution in [2.24, 2.45) is 5.92 Å². The molecule has 0 amide bonds. The van der Waals surface area contributed by atoms with E-state index in [-0.39, 0.29) is 11.4 Å². The van der Waals surface area contributed by atoms with Crippen LogP contribution in [0.15, 0.2) is 72.8 Å². The number of hydrogen-bond acceptors (Lipinski definition) is 0. The van der Waals surface area contributed by atoms with Gasteiger partial charge in [0, 0.05) is 11.1 Å². The van der Waals surface area contributed by atoms with Gasteiger partial charge in [-0.25, -0.2) is 13.2 Å². The lowest BCUT2D eigenvalue weighted by Gasteiger charge is -2.22. The molecular weight excluding hydrogens is 429 g/mol. The highest BCUT2D eigenvalue weighted by atomic mass is 19.2. The predicted octanol–water partition coefficient (Wildman–Crippen LogP) is 9.54. The second kappa shape index (κ2) is 10.9. The van der Waals surface area contributed by atoms with Gasteiger partial charge in [0.15, 0.2) is 11.6 Å². The van der Waals surface area contributed by atoms with Crippen molar-refractivity contribution in [2.75, 3.05) is 0 Å². The average Bonchev–Trinajstić information content (AvgIpc) is 2.86. The molecule has 3 aromatic rings. The highest BCUT2D eigenvalue weighted by Crippen LogP contribution is 2.35. The number of benzene rings is 3. The van der Waals surface area contributed by atoms with Crippen molar-refractivity contribution in [3.8, 4) is 22.3 Å².